The Morgan fingerprint density at radius 1 is 1.12 bits per heavy atom. The number of pyridine rings is 2. The first kappa shape index (κ1) is 22.4. The number of piperidine rings is 1. The Balaban J connectivity index is 1.57. The summed E-state index contributed by atoms with van der Waals surface area (Å²) in [7, 11) is 0. The van der Waals surface area contributed by atoms with Crippen molar-refractivity contribution >= 4 is 17.4 Å². The van der Waals surface area contributed by atoms with Gasteiger partial charge in [-0.2, -0.15) is 0 Å². The van der Waals surface area contributed by atoms with E-state index < -0.39 is 18.0 Å². The molecule has 3 N–H and O–H groups in total. The number of ether oxygens (including phenoxy) is 1. The molecule has 0 aromatic carbocycles. The molecule has 1 amide bonds. The second kappa shape index (κ2) is 9.36. The summed E-state index contributed by atoms with van der Waals surface area (Å²) in [6, 6.07) is 6.16. The number of carbonyl (C=O) groups is 1. The fourth-order valence-corrected chi connectivity index (χ4v) is 3.44. The summed E-state index contributed by atoms with van der Waals surface area (Å²) in [4.78, 5) is 31.2. The maximum Gasteiger partial charge on any atom is 0.573 e. The molecule has 1 aliphatic heterocycles. The molecule has 0 radical (unpaired) electrons. The van der Waals surface area contributed by atoms with Crippen LogP contribution < -0.4 is 20.7 Å². The number of rotatable bonds is 5. The van der Waals surface area contributed by atoms with Crippen LogP contribution >= 0.6 is 0 Å². The summed E-state index contributed by atoms with van der Waals surface area (Å²) in [5, 5.41) is 2.71. The molecule has 0 unspecified atom stereocenters. The summed E-state index contributed by atoms with van der Waals surface area (Å²) in [5.74, 6) is -0.830. The van der Waals surface area contributed by atoms with Gasteiger partial charge < -0.3 is 20.7 Å². The van der Waals surface area contributed by atoms with Gasteiger partial charge in [0.25, 0.3) is 5.91 Å². The molecule has 4 heterocycles. The normalized spacial score (nSPS) is 14.7. The van der Waals surface area contributed by atoms with Gasteiger partial charge in [0.1, 0.15) is 17.1 Å². The first-order valence-electron chi connectivity index (χ1n) is 10.1. The number of amides is 1. The fourth-order valence-electron chi connectivity index (χ4n) is 3.44. The first-order chi connectivity index (χ1) is 15.8. The average molecular weight is 459 g/mol. The third kappa shape index (κ3) is 5.52. The van der Waals surface area contributed by atoms with E-state index in [9.17, 15) is 18.0 Å². The lowest BCUT2D eigenvalue weighted by Gasteiger charge is -2.32. The Labute approximate surface area is 186 Å². The van der Waals surface area contributed by atoms with Gasteiger partial charge in [-0.3, -0.25) is 14.8 Å². The number of alkyl halides is 3. The Morgan fingerprint density at radius 3 is 2.61 bits per heavy atom. The highest BCUT2D eigenvalue weighted by Gasteiger charge is 2.33. The molecule has 33 heavy (non-hydrogen) atoms. The van der Waals surface area contributed by atoms with Crippen LogP contribution in [-0.2, 0) is 0 Å². The fraction of sp³-hybridized carbons (Fsp3) is 0.286. The Morgan fingerprint density at radius 2 is 1.85 bits per heavy atom. The van der Waals surface area contributed by atoms with Crippen LogP contribution in [0.2, 0.25) is 0 Å². The number of carbonyl (C=O) groups excluding carboxylic acids is 1. The van der Waals surface area contributed by atoms with Crippen molar-refractivity contribution in [2.75, 3.05) is 23.3 Å². The van der Waals surface area contributed by atoms with Crippen molar-refractivity contribution in [1.82, 2.24) is 19.9 Å². The molecule has 0 spiro atoms. The van der Waals surface area contributed by atoms with E-state index in [2.05, 4.69) is 34.9 Å². The van der Waals surface area contributed by atoms with Gasteiger partial charge in [-0.05, 0) is 37.1 Å². The van der Waals surface area contributed by atoms with Crippen LogP contribution in [-0.4, -0.2) is 51.3 Å². The van der Waals surface area contributed by atoms with E-state index in [0.29, 0.717) is 5.82 Å². The molecule has 1 fully saturated rings. The summed E-state index contributed by atoms with van der Waals surface area (Å²) in [6.45, 7) is 1.46. The highest BCUT2D eigenvalue weighted by atomic mass is 19.4. The van der Waals surface area contributed by atoms with Crippen molar-refractivity contribution in [3.63, 3.8) is 0 Å². The predicted octanol–water partition coefficient (Wildman–Crippen LogP) is 3.01. The molecular formula is C21H20F3N7O2. The van der Waals surface area contributed by atoms with Gasteiger partial charge in [-0.1, -0.05) is 0 Å². The quantitative estimate of drug-likeness (QED) is 0.598. The molecule has 0 atom stereocenters. The zero-order chi connectivity index (χ0) is 23.4. The van der Waals surface area contributed by atoms with Gasteiger partial charge in [0, 0.05) is 31.5 Å². The van der Waals surface area contributed by atoms with E-state index in [4.69, 9.17) is 5.73 Å². The number of nitrogens with one attached hydrogen (secondary N) is 1. The summed E-state index contributed by atoms with van der Waals surface area (Å²) < 4.78 is 42.2. The molecular weight excluding hydrogens is 439 g/mol. The summed E-state index contributed by atoms with van der Waals surface area (Å²) >= 11 is 0. The molecule has 0 aliphatic carbocycles. The Hall–Kier alpha value is -3.80. The summed E-state index contributed by atoms with van der Waals surface area (Å²) in [6.07, 6.45) is 1.97. The van der Waals surface area contributed by atoms with E-state index in [1.165, 1.54) is 24.7 Å². The van der Waals surface area contributed by atoms with Crippen LogP contribution in [0, 0.1) is 0 Å². The molecule has 9 nitrogen and oxygen atoms in total. The topological polar surface area (TPSA) is 119 Å². The van der Waals surface area contributed by atoms with Crippen molar-refractivity contribution in [3.05, 3.63) is 54.7 Å². The third-order valence-electron chi connectivity index (χ3n) is 5.00. The van der Waals surface area contributed by atoms with Gasteiger partial charge in [-0.25, -0.2) is 9.97 Å². The number of anilines is 2. The molecule has 0 bridgehead atoms. The molecule has 172 valence electrons. The van der Waals surface area contributed by atoms with Gasteiger partial charge in [0.15, 0.2) is 11.6 Å². The SMILES string of the molecule is NC1CCN(c2cccnc2NC(=O)c2cncc(-c3ncccc3OC(F)(F)F)n2)CC1. The van der Waals surface area contributed by atoms with E-state index in [1.54, 1.807) is 12.3 Å². The van der Waals surface area contributed by atoms with Gasteiger partial charge in [0.2, 0.25) is 0 Å². The molecule has 3 aromatic heterocycles. The molecule has 1 saturated heterocycles. The smallest absolute Gasteiger partial charge is 0.403 e. The number of nitrogens with two attached hydrogens (primary N) is 1. The number of halogens is 3. The van der Waals surface area contributed by atoms with Crippen LogP contribution in [0.4, 0.5) is 24.7 Å². The lowest BCUT2D eigenvalue weighted by molar-refractivity contribution is -0.274. The van der Waals surface area contributed by atoms with Crippen molar-refractivity contribution in [2.45, 2.75) is 25.2 Å². The van der Waals surface area contributed by atoms with Crippen molar-refractivity contribution in [2.24, 2.45) is 5.73 Å². The summed E-state index contributed by atoms with van der Waals surface area (Å²) in [5.41, 5.74) is 6.36. The minimum absolute atomic E-state index is 0.0474. The van der Waals surface area contributed by atoms with Crippen LogP contribution in [0.25, 0.3) is 11.4 Å². The number of hydrogen-bond acceptors (Lipinski definition) is 8. The molecule has 1 aliphatic rings. The van der Waals surface area contributed by atoms with Gasteiger partial charge in [-0.15, -0.1) is 13.2 Å². The number of nitrogens with zero attached hydrogens (tertiary/aromatic N) is 5. The molecule has 3 aromatic rings. The van der Waals surface area contributed by atoms with Crippen LogP contribution in [0.1, 0.15) is 23.3 Å². The van der Waals surface area contributed by atoms with Crippen molar-refractivity contribution in [3.8, 4) is 17.1 Å². The highest BCUT2D eigenvalue weighted by Crippen LogP contribution is 2.31. The average Bonchev–Trinajstić information content (AvgIpc) is 2.79. The second-order valence-electron chi connectivity index (χ2n) is 7.34. The Kier molecular flexibility index (Phi) is 6.36. The molecule has 4 rings (SSSR count). The van der Waals surface area contributed by atoms with E-state index >= 15 is 0 Å². The zero-order valence-electron chi connectivity index (χ0n) is 17.3. The molecule has 0 saturated carbocycles. The first-order valence-corrected chi connectivity index (χ1v) is 10.1. The van der Waals surface area contributed by atoms with Gasteiger partial charge >= 0.3 is 6.36 Å². The van der Waals surface area contributed by atoms with Crippen molar-refractivity contribution in [1.29, 1.82) is 0 Å². The van der Waals surface area contributed by atoms with Crippen molar-refractivity contribution < 1.29 is 22.7 Å². The monoisotopic (exact) mass is 459 g/mol. The maximum atomic E-state index is 12.9. The second-order valence-corrected chi connectivity index (χ2v) is 7.34. The standard InChI is InChI=1S/C21H20F3N7O2/c22-21(23,24)33-17-4-2-7-27-18(17)14-11-26-12-15(29-14)20(32)30-19-16(3-1-8-28-19)31-9-5-13(25)6-10-31/h1-4,7-8,11-13H,5-6,9-10,25H2,(H,28,30,32). The predicted molar refractivity (Wildman–Crippen MR) is 114 cm³/mol. The maximum absolute atomic E-state index is 12.9. The lowest BCUT2D eigenvalue weighted by Crippen LogP contribution is -2.40. The highest BCUT2D eigenvalue weighted by molar-refractivity contribution is 6.04. The Bertz CT molecular complexity index is 1130. The van der Waals surface area contributed by atoms with E-state index in [1.807, 2.05) is 6.07 Å². The number of hydrogen-bond donors (Lipinski definition) is 2. The van der Waals surface area contributed by atoms with E-state index in [0.717, 1.165) is 37.7 Å². The van der Waals surface area contributed by atoms with Gasteiger partial charge in [0.05, 0.1) is 18.1 Å². The van der Waals surface area contributed by atoms with Crippen LogP contribution in [0.5, 0.6) is 5.75 Å². The minimum Gasteiger partial charge on any atom is -0.403 e. The molecule has 12 heteroatoms. The van der Waals surface area contributed by atoms with Crippen LogP contribution in [0.15, 0.2) is 49.1 Å². The number of aromatic nitrogens is 4. The zero-order valence-corrected chi connectivity index (χ0v) is 17.3. The minimum atomic E-state index is -4.91. The van der Waals surface area contributed by atoms with Crippen LogP contribution in [0.3, 0.4) is 0 Å². The lowest BCUT2D eigenvalue weighted by atomic mass is 10.1. The third-order valence-corrected chi connectivity index (χ3v) is 5.00. The van der Waals surface area contributed by atoms with E-state index in [-0.39, 0.29) is 23.1 Å². The largest absolute Gasteiger partial charge is 0.573 e.